The van der Waals surface area contributed by atoms with Gasteiger partial charge in [-0.3, -0.25) is 4.79 Å². The van der Waals surface area contributed by atoms with Crippen LogP contribution in [-0.2, 0) is 14.6 Å². The zero-order valence-corrected chi connectivity index (χ0v) is 19.3. The maximum atomic E-state index is 13.0. The quantitative estimate of drug-likeness (QED) is 0.448. The molecule has 1 aliphatic heterocycles. The van der Waals surface area contributed by atoms with E-state index in [-0.39, 0.29) is 5.91 Å². The molecule has 1 aromatic rings. The van der Waals surface area contributed by atoms with Gasteiger partial charge in [0.15, 0.2) is 0 Å². The Morgan fingerprint density at radius 3 is 2.11 bits per heavy atom. The number of hydrogen-bond acceptors (Lipinski definition) is 3. The van der Waals surface area contributed by atoms with Crippen LogP contribution in [0.4, 0.5) is 5.69 Å². The van der Waals surface area contributed by atoms with E-state index in [4.69, 9.17) is 9.16 Å². The van der Waals surface area contributed by atoms with Gasteiger partial charge in [-0.1, -0.05) is 41.5 Å². The zero-order valence-electron chi connectivity index (χ0n) is 18.3. The number of carbonyl (C=O) groups is 1. The Balaban J connectivity index is 2.42. The number of anilines is 1. The molecule has 0 spiro atoms. The van der Waals surface area contributed by atoms with Crippen molar-refractivity contribution in [3.63, 3.8) is 0 Å². The van der Waals surface area contributed by atoms with Crippen molar-refractivity contribution >= 4 is 19.9 Å². The van der Waals surface area contributed by atoms with Gasteiger partial charge < -0.3 is 14.1 Å². The molecule has 0 aliphatic carbocycles. The monoisotopic (exact) mass is 389 g/mol. The maximum absolute atomic E-state index is 13.0. The van der Waals surface area contributed by atoms with Crippen LogP contribution in [0.15, 0.2) is 30.5 Å². The lowest BCUT2D eigenvalue weighted by Crippen LogP contribution is -2.46. The first-order valence-corrected chi connectivity index (χ1v) is 12.0. The topological polar surface area (TPSA) is 38.8 Å². The van der Waals surface area contributed by atoms with Crippen molar-refractivity contribution in [2.75, 3.05) is 19.1 Å². The van der Waals surface area contributed by atoms with Crippen LogP contribution < -0.4 is 9.64 Å². The van der Waals surface area contributed by atoms with Crippen molar-refractivity contribution in [1.82, 2.24) is 0 Å². The minimum atomic E-state index is -2.02. The molecule has 0 N–H and O–H groups in total. The van der Waals surface area contributed by atoms with Gasteiger partial charge in [0.1, 0.15) is 5.75 Å². The third-order valence-corrected chi connectivity index (χ3v) is 12.2. The number of nitrogens with zero attached hydrogens (tertiary/aromatic N) is 1. The van der Waals surface area contributed by atoms with E-state index in [9.17, 15) is 4.79 Å². The van der Waals surface area contributed by atoms with Crippen molar-refractivity contribution in [1.29, 1.82) is 0 Å². The van der Waals surface area contributed by atoms with E-state index in [0.717, 1.165) is 17.0 Å². The molecule has 1 aliphatic rings. The molecule has 1 atom stereocenters. The van der Waals surface area contributed by atoms with Crippen molar-refractivity contribution < 1.29 is 14.0 Å². The molecule has 0 saturated carbocycles. The maximum Gasteiger partial charge on any atom is 0.257 e. The highest BCUT2D eigenvalue weighted by Crippen LogP contribution is 2.45. The lowest BCUT2D eigenvalue weighted by molar-refractivity contribution is -0.120. The van der Waals surface area contributed by atoms with Crippen molar-refractivity contribution in [3.8, 4) is 5.75 Å². The van der Waals surface area contributed by atoms with Crippen LogP contribution >= 0.6 is 0 Å². The summed E-state index contributed by atoms with van der Waals surface area (Å²) in [4.78, 5) is 14.7. The number of hydrogen-bond donors (Lipinski definition) is 0. The molecular formula is C22H35NO3Si. The summed E-state index contributed by atoms with van der Waals surface area (Å²) in [5.41, 5.74) is 2.61. The molecule has 1 heterocycles. The molecule has 5 heteroatoms. The fraction of sp³-hybridized carbons (Fsp3) is 0.591. The highest BCUT2D eigenvalue weighted by atomic mass is 28.4. The van der Waals surface area contributed by atoms with Gasteiger partial charge in [-0.2, -0.15) is 0 Å². The number of ether oxygens (including phenoxy) is 1. The molecule has 1 aromatic carbocycles. The van der Waals surface area contributed by atoms with Crippen LogP contribution in [0, 0.1) is 0 Å². The second-order valence-electron chi connectivity index (χ2n) is 8.69. The van der Waals surface area contributed by atoms with Crippen molar-refractivity contribution in [2.24, 2.45) is 0 Å². The summed E-state index contributed by atoms with van der Waals surface area (Å²) in [6.07, 6.45) is 3.75. The largest absolute Gasteiger partial charge is 0.548 e. The number of likely N-dealkylation sites (N-methyl/N-ethyl adjacent to an activating group) is 1. The molecule has 150 valence electrons. The first kappa shape index (κ1) is 21.5. The molecule has 0 saturated heterocycles. The summed E-state index contributed by atoms with van der Waals surface area (Å²) in [5.74, 6) is 0.809. The lowest BCUT2D eigenvalue weighted by Gasteiger charge is -2.41. The molecule has 0 bridgehead atoms. The smallest absolute Gasteiger partial charge is 0.257 e. The van der Waals surface area contributed by atoms with Gasteiger partial charge in [-0.25, -0.2) is 0 Å². The average Bonchev–Trinajstić information content (AvgIpc) is 2.79. The van der Waals surface area contributed by atoms with Gasteiger partial charge in [0, 0.05) is 12.7 Å². The first-order chi connectivity index (χ1) is 12.5. The minimum Gasteiger partial charge on any atom is -0.548 e. The van der Waals surface area contributed by atoms with Crippen LogP contribution in [0.2, 0.25) is 16.6 Å². The zero-order chi connectivity index (χ0) is 20.6. The summed E-state index contributed by atoms with van der Waals surface area (Å²) in [7, 11) is 1.45. The van der Waals surface area contributed by atoms with Crippen LogP contribution in [0.25, 0.3) is 0 Å². The van der Waals surface area contributed by atoms with Gasteiger partial charge >= 0.3 is 0 Å². The number of methoxy groups -OCH3 is 1. The van der Waals surface area contributed by atoms with Crippen molar-refractivity contribution in [2.45, 2.75) is 70.5 Å². The van der Waals surface area contributed by atoms with E-state index in [1.807, 2.05) is 44.5 Å². The second kappa shape index (κ2) is 7.70. The predicted molar refractivity (Wildman–Crippen MR) is 115 cm³/mol. The summed E-state index contributed by atoms with van der Waals surface area (Å²) in [6.45, 7) is 15.5. The summed E-state index contributed by atoms with van der Waals surface area (Å²) in [6, 6.07) is 5.79. The summed E-state index contributed by atoms with van der Waals surface area (Å²) < 4.78 is 11.9. The number of fused-ring (bicyclic) bond motifs is 1. The fourth-order valence-corrected chi connectivity index (χ4v) is 9.90. The first-order valence-electron chi connectivity index (χ1n) is 9.84. The van der Waals surface area contributed by atoms with E-state index in [1.54, 1.807) is 12.0 Å². The average molecular weight is 390 g/mol. The van der Waals surface area contributed by atoms with Crippen LogP contribution in [0.3, 0.4) is 0 Å². The molecule has 0 unspecified atom stereocenters. The fourth-order valence-electron chi connectivity index (χ4n) is 4.78. The second-order valence-corrected chi connectivity index (χ2v) is 14.1. The Labute approximate surface area is 165 Å². The Morgan fingerprint density at radius 2 is 1.63 bits per heavy atom. The third kappa shape index (κ3) is 3.42. The summed E-state index contributed by atoms with van der Waals surface area (Å²) in [5, 5.41) is 0. The number of amides is 1. The van der Waals surface area contributed by atoms with Gasteiger partial charge in [-0.15, -0.1) is 0 Å². The van der Waals surface area contributed by atoms with E-state index in [0.29, 0.717) is 16.6 Å². The highest BCUT2D eigenvalue weighted by molar-refractivity contribution is 6.77. The van der Waals surface area contributed by atoms with Crippen LogP contribution in [0.5, 0.6) is 5.75 Å². The lowest BCUT2D eigenvalue weighted by atomic mass is 9.84. The minimum absolute atomic E-state index is 0.0523. The SMILES string of the molecule is COc1ccc2c(c1)[C@@](C)(/C=C/O[Si](C(C)C)(C(C)C)C(C)C)C(=O)N2C. The molecule has 0 fully saturated rings. The van der Waals surface area contributed by atoms with Gasteiger partial charge in [0.25, 0.3) is 8.32 Å². The molecule has 4 nitrogen and oxygen atoms in total. The van der Waals surface area contributed by atoms with E-state index in [2.05, 4.69) is 41.5 Å². The third-order valence-electron chi connectivity index (χ3n) is 6.25. The van der Waals surface area contributed by atoms with Crippen LogP contribution in [0.1, 0.15) is 54.0 Å². The van der Waals surface area contributed by atoms with E-state index in [1.165, 1.54) is 0 Å². The standard InChI is InChI=1S/C22H35NO3Si/c1-15(2)27(16(3)4,17(5)6)26-13-12-22(7)19-14-18(25-9)10-11-20(19)23(8)21(22)24/h10-17H,1-9H3/b13-12+/t22-/m1/s1. The Kier molecular flexibility index (Phi) is 6.15. The predicted octanol–water partition coefficient (Wildman–Crippen LogP) is 5.64. The van der Waals surface area contributed by atoms with Gasteiger partial charge in [0.2, 0.25) is 5.91 Å². The molecule has 0 aromatic heterocycles. The molecule has 2 rings (SSSR count). The van der Waals surface area contributed by atoms with Crippen LogP contribution in [-0.4, -0.2) is 28.4 Å². The van der Waals surface area contributed by atoms with E-state index < -0.39 is 13.7 Å². The molecular weight excluding hydrogens is 354 g/mol. The van der Waals surface area contributed by atoms with Gasteiger partial charge in [0.05, 0.1) is 18.8 Å². The highest BCUT2D eigenvalue weighted by Gasteiger charge is 2.47. The normalized spacial score (nSPS) is 20.3. The Morgan fingerprint density at radius 1 is 1.07 bits per heavy atom. The molecule has 27 heavy (non-hydrogen) atoms. The summed E-state index contributed by atoms with van der Waals surface area (Å²) >= 11 is 0. The van der Waals surface area contributed by atoms with Crippen molar-refractivity contribution in [3.05, 3.63) is 36.1 Å². The Bertz CT molecular complexity index is 704. The van der Waals surface area contributed by atoms with E-state index >= 15 is 0 Å². The van der Waals surface area contributed by atoms with Gasteiger partial charge in [-0.05, 0) is 53.4 Å². The number of rotatable bonds is 7. The number of benzene rings is 1. The molecule has 0 radical (unpaired) electrons. The number of carbonyl (C=O) groups excluding carboxylic acids is 1. The Hall–Kier alpha value is -1.75. The molecule has 1 amide bonds.